The van der Waals surface area contributed by atoms with Crippen LogP contribution in [0.3, 0.4) is 0 Å². The maximum Gasteiger partial charge on any atom is 0.271 e. The molecule has 0 bridgehead atoms. The normalized spacial score (nSPS) is 18.8. The van der Waals surface area contributed by atoms with Crippen LogP contribution in [0.4, 0.5) is 0 Å². The van der Waals surface area contributed by atoms with Crippen LogP contribution in [0.25, 0.3) is 0 Å². The number of hydrogen-bond donors (Lipinski definition) is 1. The van der Waals surface area contributed by atoms with Gasteiger partial charge in [-0.15, -0.1) is 11.3 Å². The summed E-state index contributed by atoms with van der Waals surface area (Å²) in [6, 6.07) is 4.25. The second-order valence-corrected chi connectivity index (χ2v) is 6.13. The summed E-state index contributed by atoms with van der Waals surface area (Å²) in [6.45, 7) is 4.56. The van der Waals surface area contributed by atoms with E-state index in [-0.39, 0.29) is 11.9 Å². The summed E-state index contributed by atoms with van der Waals surface area (Å²) in [6.07, 6.45) is 1.86. The average Bonchev–Trinajstić information content (AvgIpc) is 3.09. The predicted molar refractivity (Wildman–Crippen MR) is 78.8 cm³/mol. The third-order valence-corrected chi connectivity index (χ3v) is 4.65. The molecule has 0 saturated carbocycles. The Kier molecular flexibility index (Phi) is 3.58. The lowest BCUT2D eigenvalue weighted by molar-refractivity contribution is 0.0946. The molecule has 3 rings (SSSR count). The number of aromatic nitrogens is 2. The van der Waals surface area contributed by atoms with Crippen molar-refractivity contribution in [2.75, 3.05) is 13.6 Å². The number of thiophene rings is 1. The van der Waals surface area contributed by atoms with Gasteiger partial charge in [-0.3, -0.25) is 9.69 Å². The first-order valence-corrected chi connectivity index (χ1v) is 7.61. The third kappa shape index (κ3) is 2.48. The number of nitrogens with zero attached hydrogens (tertiary/aromatic N) is 3. The van der Waals surface area contributed by atoms with Crippen LogP contribution in [-0.4, -0.2) is 34.0 Å². The van der Waals surface area contributed by atoms with E-state index in [0.717, 1.165) is 23.8 Å². The first-order valence-electron chi connectivity index (χ1n) is 6.73. The largest absolute Gasteiger partial charge is 0.346 e. The molecule has 20 heavy (non-hydrogen) atoms. The fourth-order valence-electron chi connectivity index (χ4n) is 2.38. The van der Waals surface area contributed by atoms with Crippen molar-refractivity contribution < 1.29 is 4.79 Å². The number of fused-ring (bicyclic) bond motifs is 1. The summed E-state index contributed by atoms with van der Waals surface area (Å²) in [7, 11) is 2.08. The molecule has 0 saturated heterocycles. The van der Waals surface area contributed by atoms with Gasteiger partial charge in [0.05, 0.1) is 12.6 Å². The molecule has 0 fully saturated rings. The summed E-state index contributed by atoms with van der Waals surface area (Å²) >= 11 is 1.64. The lowest BCUT2D eigenvalue weighted by Gasteiger charge is -2.29. The van der Waals surface area contributed by atoms with Crippen molar-refractivity contribution in [3.63, 3.8) is 0 Å². The van der Waals surface area contributed by atoms with E-state index in [1.165, 1.54) is 0 Å². The quantitative estimate of drug-likeness (QED) is 0.939. The summed E-state index contributed by atoms with van der Waals surface area (Å²) in [5.41, 5.74) is 0.513. The highest BCUT2D eigenvalue weighted by atomic mass is 32.1. The molecule has 5 nitrogen and oxygen atoms in total. The molecule has 3 heterocycles. The zero-order valence-corrected chi connectivity index (χ0v) is 12.5. The fraction of sp³-hybridized carbons (Fsp3) is 0.429. The van der Waals surface area contributed by atoms with Crippen molar-refractivity contribution in [1.82, 2.24) is 19.8 Å². The van der Waals surface area contributed by atoms with Gasteiger partial charge in [0, 0.05) is 24.2 Å². The van der Waals surface area contributed by atoms with Crippen LogP contribution in [0.2, 0.25) is 0 Å². The molecule has 1 N–H and O–H groups in total. The second-order valence-electron chi connectivity index (χ2n) is 5.10. The minimum atomic E-state index is -0.102. The molecule has 0 spiro atoms. The predicted octanol–water partition coefficient (Wildman–Crippen LogP) is 1.88. The molecule has 0 aliphatic carbocycles. The Balaban J connectivity index is 1.71. The van der Waals surface area contributed by atoms with Gasteiger partial charge < -0.3 is 9.88 Å². The van der Waals surface area contributed by atoms with Crippen LogP contribution >= 0.6 is 11.3 Å². The Morgan fingerprint density at radius 3 is 3.15 bits per heavy atom. The molecule has 106 valence electrons. The van der Waals surface area contributed by atoms with Crippen molar-refractivity contribution in [2.24, 2.45) is 0 Å². The van der Waals surface area contributed by atoms with Crippen LogP contribution in [0, 0.1) is 0 Å². The molecule has 2 aromatic heterocycles. The van der Waals surface area contributed by atoms with E-state index in [2.05, 4.69) is 33.7 Å². The lowest BCUT2D eigenvalue weighted by atomic mass is 10.2. The van der Waals surface area contributed by atoms with Gasteiger partial charge in [-0.25, -0.2) is 4.98 Å². The monoisotopic (exact) mass is 290 g/mol. The molecule has 6 heteroatoms. The van der Waals surface area contributed by atoms with Crippen molar-refractivity contribution in [2.45, 2.75) is 26.1 Å². The first-order chi connectivity index (χ1) is 9.65. The van der Waals surface area contributed by atoms with Crippen molar-refractivity contribution in [3.8, 4) is 0 Å². The van der Waals surface area contributed by atoms with Gasteiger partial charge in [0.15, 0.2) is 0 Å². The third-order valence-electron chi connectivity index (χ3n) is 3.77. The summed E-state index contributed by atoms with van der Waals surface area (Å²) in [4.78, 5) is 20.0. The molecule has 0 aromatic carbocycles. The molecular weight excluding hydrogens is 272 g/mol. The zero-order chi connectivity index (χ0) is 14.1. The van der Waals surface area contributed by atoms with Crippen LogP contribution in [0.1, 0.15) is 34.2 Å². The second kappa shape index (κ2) is 5.38. The summed E-state index contributed by atoms with van der Waals surface area (Å²) < 4.78 is 2.09. The van der Waals surface area contributed by atoms with Crippen LogP contribution in [-0.2, 0) is 13.1 Å². The van der Waals surface area contributed by atoms with Gasteiger partial charge in [0.25, 0.3) is 5.91 Å². The fourth-order valence-corrected chi connectivity index (χ4v) is 3.02. The maximum absolute atomic E-state index is 12.1. The SMILES string of the molecule is CC1c2nc(C(=O)NCc3cccs3)cn2CCN1C. The van der Waals surface area contributed by atoms with Gasteiger partial charge in [-0.05, 0) is 25.4 Å². The lowest BCUT2D eigenvalue weighted by Crippen LogP contribution is -2.33. The van der Waals surface area contributed by atoms with E-state index < -0.39 is 0 Å². The Labute approximate surface area is 122 Å². The van der Waals surface area contributed by atoms with E-state index in [1.54, 1.807) is 11.3 Å². The van der Waals surface area contributed by atoms with E-state index in [9.17, 15) is 4.79 Å². The highest BCUT2D eigenvalue weighted by molar-refractivity contribution is 7.09. The van der Waals surface area contributed by atoms with Gasteiger partial charge in [-0.1, -0.05) is 6.07 Å². The van der Waals surface area contributed by atoms with Gasteiger partial charge in [-0.2, -0.15) is 0 Å². The number of carbonyl (C=O) groups is 1. The maximum atomic E-state index is 12.1. The van der Waals surface area contributed by atoms with Crippen LogP contribution < -0.4 is 5.32 Å². The average molecular weight is 290 g/mol. The number of rotatable bonds is 3. The molecule has 1 aliphatic heterocycles. The summed E-state index contributed by atoms with van der Waals surface area (Å²) in [5.74, 6) is 0.871. The van der Waals surface area contributed by atoms with E-state index in [4.69, 9.17) is 0 Å². The van der Waals surface area contributed by atoms with Crippen LogP contribution in [0.15, 0.2) is 23.7 Å². The summed E-state index contributed by atoms with van der Waals surface area (Å²) in [5, 5.41) is 4.93. The highest BCUT2D eigenvalue weighted by Crippen LogP contribution is 2.22. The van der Waals surface area contributed by atoms with E-state index in [1.807, 2.05) is 23.7 Å². The van der Waals surface area contributed by atoms with Gasteiger partial charge in [0.2, 0.25) is 0 Å². The van der Waals surface area contributed by atoms with Crippen molar-refractivity contribution in [1.29, 1.82) is 0 Å². The molecule has 1 unspecified atom stereocenters. The van der Waals surface area contributed by atoms with Gasteiger partial charge in [0.1, 0.15) is 11.5 Å². The number of amides is 1. The highest BCUT2D eigenvalue weighted by Gasteiger charge is 2.24. The van der Waals surface area contributed by atoms with Crippen LogP contribution in [0.5, 0.6) is 0 Å². The number of carbonyl (C=O) groups excluding carboxylic acids is 1. The number of likely N-dealkylation sites (N-methyl/N-ethyl adjacent to an activating group) is 1. The van der Waals surface area contributed by atoms with E-state index >= 15 is 0 Å². The minimum Gasteiger partial charge on any atom is -0.346 e. The Morgan fingerprint density at radius 2 is 2.40 bits per heavy atom. The molecule has 2 aromatic rings. The molecule has 1 aliphatic rings. The van der Waals surface area contributed by atoms with Crippen molar-refractivity contribution in [3.05, 3.63) is 40.1 Å². The van der Waals surface area contributed by atoms with Gasteiger partial charge >= 0.3 is 0 Å². The molecule has 1 atom stereocenters. The first kappa shape index (κ1) is 13.3. The standard InChI is InChI=1S/C14H18N4OS/c1-10-13-16-12(9-18(13)6-5-17(10)2)14(19)15-8-11-4-3-7-20-11/h3-4,7,9-10H,5-6,8H2,1-2H3,(H,15,19). The van der Waals surface area contributed by atoms with Crippen molar-refractivity contribution >= 4 is 17.2 Å². The minimum absolute atomic E-state index is 0.102. The zero-order valence-electron chi connectivity index (χ0n) is 11.7. The number of hydrogen-bond acceptors (Lipinski definition) is 4. The smallest absolute Gasteiger partial charge is 0.271 e. The Morgan fingerprint density at radius 1 is 1.55 bits per heavy atom. The number of nitrogens with one attached hydrogen (secondary N) is 1. The molecule has 1 amide bonds. The molecule has 0 radical (unpaired) electrons. The Bertz CT molecular complexity index is 605. The molecular formula is C14H18N4OS. The number of imidazole rings is 1. The van der Waals surface area contributed by atoms with E-state index in [0.29, 0.717) is 12.2 Å². The topological polar surface area (TPSA) is 50.2 Å². The Hall–Kier alpha value is -1.66.